The molecule has 2 aromatic heterocycles. The average Bonchev–Trinajstić information content (AvgIpc) is 3.08. The van der Waals surface area contributed by atoms with Crippen molar-refractivity contribution in [2.45, 2.75) is 22.9 Å². The summed E-state index contributed by atoms with van der Waals surface area (Å²) in [6.45, 7) is 1.40. The molecule has 0 radical (unpaired) electrons. The van der Waals surface area contributed by atoms with Crippen LogP contribution in [0.4, 0.5) is 47.1 Å². The van der Waals surface area contributed by atoms with Crippen molar-refractivity contribution in [1.29, 1.82) is 0 Å². The summed E-state index contributed by atoms with van der Waals surface area (Å²) in [6, 6.07) is 9.15. The van der Waals surface area contributed by atoms with Crippen LogP contribution in [0.2, 0.25) is 0 Å². The van der Waals surface area contributed by atoms with Gasteiger partial charge in [-0.25, -0.2) is 0 Å². The Morgan fingerprint density at radius 2 is 1.06 bits per heavy atom. The highest BCUT2D eigenvalue weighted by atomic mass is 32.2. The lowest BCUT2D eigenvalue weighted by Crippen LogP contribution is -2.15. The second-order valence-electron chi connectivity index (χ2n) is 10.7. The summed E-state index contributed by atoms with van der Waals surface area (Å²) in [5, 5.41) is 35.9. The van der Waals surface area contributed by atoms with E-state index in [2.05, 4.69) is 61.8 Å². The van der Waals surface area contributed by atoms with Crippen molar-refractivity contribution in [1.82, 2.24) is 29.9 Å². The summed E-state index contributed by atoms with van der Waals surface area (Å²) in [7, 11) is -10.2. The van der Waals surface area contributed by atoms with Crippen molar-refractivity contribution in [3.05, 3.63) is 47.5 Å². The molecule has 280 valence electrons. The number of rotatable bonds is 14. The number of thioether (sulfide) groups is 2. The van der Waals surface area contributed by atoms with E-state index in [-0.39, 0.29) is 73.4 Å². The van der Waals surface area contributed by atoms with Gasteiger partial charge in [0.05, 0.1) is 24.6 Å². The minimum atomic E-state index is -5.11. The third-order valence-electron chi connectivity index (χ3n) is 6.82. The number of nitrogens with one attached hydrogen (secondary N) is 6. The van der Waals surface area contributed by atoms with Gasteiger partial charge in [0.2, 0.25) is 35.7 Å². The molecular weight excluding hydrogens is 761 g/mol. The zero-order valence-corrected chi connectivity index (χ0v) is 30.5. The zero-order valence-electron chi connectivity index (χ0n) is 27.3. The van der Waals surface area contributed by atoms with Gasteiger partial charge < -0.3 is 42.1 Å². The van der Waals surface area contributed by atoms with Crippen molar-refractivity contribution < 1.29 is 36.2 Å². The molecular formula is C28H36N12O8S4. The molecule has 5 rings (SSSR count). The Morgan fingerprint density at radius 1 is 0.615 bits per heavy atom. The number of aliphatic hydroxyl groups excluding tert-OH is 2. The van der Waals surface area contributed by atoms with Crippen molar-refractivity contribution in [2.24, 2.45) is 0 Å². The van der Waals surface area contributed by atoms with Gasteiger partial charge in [-0.15, -0.1) is 0 Å². The van der Waals surface area contributed by atoms with Crippen molar-refractivity contribution in [3.63, 3.8) is 0 Å². The Kier molecular flexibility index (Phi) is 13.4. The summed E-state index contributed by atoms with van der Waals surface area (Å²) in [5.74, 6) is 2.30. The lowest BCUT2D eigenvalue weighted by atomic mass is 10.1. The minimum Gasteiger partial charge on any atom is -0.396 e. The van der Waals surface area contributed by atoms with Crippen molar-refractivity contribution >= 4 is 90.8 Å². The van der Waals surface area contributed by atoms with E-state index in [1.807, 2.05) is 24.3 Å². The molecule has 0 atom stereocenters. The summed E-state index contributed by atoms with van der Waals surface area (Å²) < 4.78 is 70.6. The first-order chi connectivity index (χ1) is 24.9. The lowest BCUT2D eigenvalue weighted by Gasteiger charge is -2.17. The second-order valence-corrected chi connectivity index (χ2v) is 15.9. The molecule has 2 aromatic carbocycles. The number of hydrogen-bond donors (Lipinski definition) is 10. The van der Waals surface area contributed by atoms with E-state index in [4.69, 9.17) is 10.2 Å². The summed E-state index contributed by atoms with van der Waals surface area (Å²) in [5.41, 5.74) is 0.981. The fourth-order valence-electron chi connectivity index (χ4n) is 4.62. The van der Waals surface area contributed by atoms with Gasteiger partial charge in [-0.2, -0.15) is 70.3 Å². The molecule has 0 fully saturated rings. The van der Waals surface area contributed by atoms with E-state index in [1.165, 1.54) is 23.5 Å². The van der Waals surface area contributed by atoms with Crippen LogP contribution < -0.4 is 31.9 Å². The standard InChI is InChI=1S/C28H36N12O8S4/c41-6-10-49-8-4-29-23-35-25-31-15-17-2-1-3-18(12-17)16-32-26-36-24(30-5-9-50-11-7-42)38-28(40-26)34-20-13-19(33-27(37-23)39-25)21(51(43,44)45)14-22(20)52(46,47)48/h1-3,12-14,41-42H,4-11,15-16H2,(H,43,44,45)(H,46,47,48)(H3,29,31,33,35,37,39)(H3,30,32,34,36,38,40). The Bertz CT molecular complexity index is 1940. The smallest absolute Gasteiger partial charge is 0.296 e. The average molecular weight is 797 g/mol. The molecule has 1 aliphatic rings. The number of nitrogens with zero attached hydrogens (tertiary/aromatic N) is 6. The van der Waals surface area contributed by atoms with Crippen LogP contribution in [-0.4, -0.2) is 115 Å². The van der Waals surface area contributed by atoms with Crippen LogP contribution in [0.25, 0.3) is 0 Å². The van der Waals surface area contributed by atoms with Crippen LogP contribution in [0.3, 0.4) is 0 Å². The molecule has 24 heteroatoms. The van der Waals surface area contributed by atoms with Gasteiger partial charge >= 0.3 is 0 Å². The maximum absolute atomic E-state index is 12.6. The highest BCUT2D eigenvalue weighted by Gasteiger charge is 2.26. The third-order valence-corrected chi connectivity index (χ3v) is 10.5. The van der Waals surface area contributed by atoms with Crippen molar-refractivity contribution in [2.75, 3.05) is 81.2 Å². The SMILES string of the molecule is O=S(=O)(O)c1cc(S(=O)(=O)O)c2cc1Nc1nc(NCCSCCO)nc(n1)NCc1cccc(c1)CNc1nc(NCCSCCO)nc(n1)N2. The molecule has 3 heterocycles. The Labute approximate surface area is 307 Å². The predicted molar refractivity (Wildman–Crippen MR) is 199 cm³/mol. The van der Waals surface area contributed by atoms with E-state index in [0.29, 0.717) is 42.2 Å². The molecule has 20 nitrogen and oxygen atoms in total. The van der Waals surface area contributed by atoms with Gasteiger partial charge in [-0.05, 0) is 23.3 Å². The fourth-order valence-corrected chi connectivity index (χ4v) is 7.16. The molecule has 0 spiro atoms. The van der Waals surface area contributed by atoms with Crippen LogP contribution in [0.5, 0.6) is 0 Å². The van der Waals surface area contributed by atoms with Crippen LogP contribution in [0, 0.1) is 0 Å². The van der Waals surface area contributed by atoms with E-state index in [1.54, 1.807) is 0 Å². The number of benzene rings is 2. The monoisotopic (exact) mass is 796 g/mol. The normalized spacial score (nSPS) is 13.0. The maximum atomic E-state index is 12.6. The zero-order chi connectivity index (χ0) is 37.1. The van der Waals surface area contributed by atoms with Crippen molar-refractivity contribution in [3.8, 4) is 0 Å². The maximum Gasteiger partial charge on any atom is 0.296 e. The van der Waals surface area contributed by atoms with Gasteiger partial charge in [0, 0.05) is 49.2 Å². The fraction of sp³-hybridized carbons (Fsp3) is 0.357. The molecule has 0 saturated carbocycles. The van der Waals surface area contributed by atoms with Gasteiger partial charge in [0.15, 0.2) is 0 Å². The van der Waals surface area contributed by atoms with E-state index in [0.717, 1.165) is 17.2 Å². The quantitative estimate of drug-likeness (QED) is 0.0643. The van der Waals surface area contributed by atoms with Crippen LogP contribution in [0.15, 0.2) is 46.2 Å². The topological polar surface area (TPSA) is 299 Å². The number of hydrogen-bond acceptors (Lipinski definition) is 20. The van der Waals surface area contributed by atoms with Gasteiger partial charge in [0.1, 0.15) is 9.79 Å². The highest BCUT2D eigenvalue weighted by molar-refractivity contribution is 7.99. The van der Waals surface area contributed by atoms with Crippen LogP contribution in [-0.2, 0) is 33.3 Å². The summed E-state index contributed by atoms with van der Waals surface area (Å²) in [6.07, 6.45) is 0. The summed E-state index contributed by atoms with van der Waals surface area (Å²) in [4.78, 5) is 24.4. The third kappa shape index (κ3) is 11.3. The molecule has 1 aliphatic heterocycles. The van der Waals surface area contributed by atoms with Crippen LogP contribution >= 0.6 is 23.5 Å². The highest BCUT2D eigenvalue weighted by Crippen LogP contribution is 2.35. The predicted octanol–water partition coefficient (Wildman–Crippen LogP) is 1.85. The summed E-state index contributed by atoms with van der Waals surface area (Å²) >= 11 is 3.00. The lowest BCUT2D eigenvalue weighted by molar-refractivity contribution is 0.322. The van der Waals surface area contributed by atoms with Gasteiger partial charge in [-0.1, -0.05) is 24.3 Å². The number of anilines is 8. The molecule has 0 unspecified atom stereocenters. The molecule has 0 saturated heterocycles. The largest absolute Gasteiger partial charge is 0.396 e. The molecule has 8 bridgehead atoms. The molecule has 52 heavy (non-hydrogen) atoms. The van der Waals surface area contributed by atoms with Gasteiger partial charge in [-0.3, -0.25) is 9.11 Å². The van der Waals surface area contributed by atoms with Gasteiger partial charge in [0.25, 0.3) is 20.2 Å². The number of fused-ring (bicyclic) bond motifs is 8. The Hall–Kier alpha value is -4.30. The number of aliphatic hydroxyl groups is 2. The first kappa shape index (κ1) is 38.9. The van der Waals surface area contributed by atoms with Crippen LogP contribution in [0.1, 0.15) is 11.1 Å². The Morgan fingerprint density at radius 3 is 1.48 bits per heavy atom. The van der Waals surface area contributed by atoms with E-state index in [9.17, 15) is 25.9 Å². The van der Waals surface area contributed by atoms with E-state index >= 15 is 0 Å². The molecule has 4 aromatic rings. The molecule has 0 amide bonds. The Balaban J connectivity index is 1.62. The van der Waals surface area contributed by atoms with E-state index < -0.39 is 30.0 Å². The first-order valence-electron chi connectivity index (χ1n) is 15.5. The molecule has 10 N–H and O–H groups in total. The first-order valence-corrected chi connectivity index (χ1v) is 20.7. The number of aromatic nitrogens is 6. The molecule has 0 aliphatic carbocycles. The minimum absolute atomic E-state index is 0.0248. The second kappa shape index (κ2) is 18.0.